The van der Waals surface area contributed by atoms with Crippen molar-refractivity contribution >= 4 is 5.57 Å². The summed E-state index contributed by atoms with van der Waals surface area (Å²) in [5.41, 5.74) is 8.48. The molecule has 0 aromatic heterocycles. The Morgan fingerprint density at radius 2 is 1.50 bits per heavy atom. The van der Waals surface area contributed by atoms with Crippen LogP contribution in [0.25, 0.3) is 5.57 Å². The van der Waals surface area contributed by atoms with Crippen molar-refractivity contribution in [3.05, 3.63) is 76.4 Å². The Balaban J connectivity index is 2.17. The minimum atomic E-state index is 0.233. The first kappa shape index (κ1) is 13.2. The summed E-state index contributed by atoms with van der Waals surface area (Å²) in [5.74, 6) is 0. The molecule has 102 valence electrons. The van der Waals surface area contributed by atoms with Crippen LogP contribution in [0.15, 0.2) is 48.5 Å². The molecule has 0 unspecified atom stereocenters. The number of hydrogen-bond acceptors (Lipinski definition) is 0. The summed E-state index contributed by atoms with van der Waals surface area (Å²) >= 11 is 0. The molecule has 0 amide bonds. The zero-order chi connectivity index (χ0) is 14.3. The van der Waals surface area contributed by atoms with E-state index in [9.17, 15) is 0 Å². The molecule has 0 aliphatic heterocycles. The molecule has 0 bridgehead atoms. The summed E-state index contributed by atoms with van der Waals surface area (Å²) in [7, 11) is 0. The Morgan fingerprint density at radius 3 is 2.20 bits per heavy atom. The van der Waals surface area contributed by atoms with Gasteiger partial charge in [0, 0.05) is 0 Å². The van der Waals surface area contributed by atoms with E-state index in [4.69, 9.17) is 0 Å². The van der Waals surface area contributed by atoms with Crippen LogP contribution in [-0.2, 0) is 5.41 Å². The van der Waals surface area contributed by atoms with Crippen LogP contribution in [0.2, 0.25) is 0 Å². The second-order valence-corrected chi connectivity index (χ2v) is 6.62. The maximum atomic E-state index is 2.41. The average Bonchev–Trinajstić information content (AvgIpc) is 2.40. The van der Waals surface area contributed by atoms with Gasteiger partial charge in [-0.1, -0.05) is 73.5 Å². The quantitative estimate of drug-likeness (QED) is 0.644. The fourth-order valence-corrected chi connectivity index (χ4v) is 3.05. The Morgan fingerprint density at radius 1 is 0.850 bits per heavy atom. The standard InChI is InChI=1S/C20H22/c1-14-5-8-16(9-6-14)17-11-12-20(3,4)19-10-7-15(2)13-18(17)19/h5-11,13H,12H2,1-4H3. The number of rotatable bonds is 1. The van der Waals surface area contributed by atoms with Gasteiger partial charge < -0.3 is 0 Å². The first-order valence-electron chi connectivity index (χ1n) is 7.36. The van der Waals surface area contributed by atoms with Gasteiger partial charge in [0.1, 0.15) is 0 Å². The summed E-state index contributed by atoms with van der Waals surface area (Å²) in [4.78, 5) is 0. The predicted octanol–water partition coefficient (Wildman–Crippen LogP) is 5.42. The van der Waals surface area contributed by atoms with Crippen LogP contribution in [0.5, 0.6) is 0 Å². The highest BCUT2D eigenvalue weighted by Crippen LogP contribution is 2.41. The van der Waals surface area contributed by atoms with Crippen molar-refractivity contribution in [3.63, 3.8) is 0 Å². The Labute approximate surface area is 122 Å². The molecule has 0 spiro atoms. The molecule has 0 nitrogen and oxygen atoms in total. The smallest absolute Gasteiger partial charge is 0.00626 e. The molecule has 1 aliphatic rings. The highest BCUT2D eigenvalue weighted by molar-refractivity contribution is 5.83. The molecular formula is C20H22. The zero-order valence-corrected chi connectivity index (χ0v) is 12.8. The van der Waals surface area contributed by atoms with Crippen LogP contribution >= 0.6 is 0 Å². The first-order chi connectivity index (χ1) is 9.47. The van der Waals surface area contributed by atoms with Gasteiger partial charge >= 0.3 is 0 Å². The topological polar surface area (TPSA) is 0 Å². The predicted molar refractivity (Wildman–Crippen MR) is 87.1 cm³/mol. The normalized spacial score (nSPS) is 16.5. The van der Waals surface area contributed by atoms with Crippen molar-refractivity contribution < 1.29 is 0 Å². The summed E-state index contributed by atoms with van der Waals surface area (Å²) < 4.78 is 0. The van der Waals surface area contributed by atoms with Crippen LogP contribution in [-0.4, -0.2) is 0 Å². The third-order valence-electron chi connectivity index (χ3n) is 4.37. The Kier molecular flexibility index (Phi) is 3.05. The van der Waals surface area contributed by atoms with Crippen LogP contribution in [0, 0.1) is 13.8 Å². The number of benzene rings is 2. The van der Waals surface area contributed by atoms with Crippen molar-refractivity contribution in [2.45, 2.75) is 39.5 Å². The lowest BCUT2D eigenvalue weighted by atomic mass is 9.72. The molecule has 0 fully saturated rings. The van der Waals surface area contributed by atoms with Gasteiger partial charge in [0.2, 0.25) is 0 Å². The summed E-state index contributed by atoms with van der Waals surface area (Å²) in [6.45, 7) is 8.99. The molecule has 0 saturated heterocycles. The van der Waals surface area contributed by atoms with Gasteiger partial charge in [-0.25, -0.2) is 0 Å². The van der Waals surface area contributed by atoms with E-state index in [1.54, 1.807) is 0 Å². The highest BCUT2D eigenvalue weighted by atomic mass is 14.3. The monoisotopic (exact) mass is 262 g/mol. The van der Waals surface area contributed by atoms with E-state index >= 15 is 0 Å². The molecule has 0 atom stereocenters. The Hall–Kier alpha value is -1.82. The highest BCUT2D eigenvalue weighted by Gasteiger charge is 2.28. The summed E-state index contributed by atoms with van der Waals surface area (Å²) in [5, 5.41) is 0. The largest absolute Gasteiger partial charge is 0.0752 e. The van der Waals surface area contributed by atoms with E-state index in [2.05, 4.69) is 76.2 Å². The molecule has 0 saturated carbocycles. The van der Waals surface area contributed by atoms with E-state index in [-0.39, 0.29) is 5.41 Å². The van der Waals surface area contributed by atoms with E-state index in [1.165, 1.54) is 33.4 Å². The minimum absolute atomic E-state index is 0.233. The SMILES string of the molecule is Cc1ccc(C2=CCC(C)(C)c3ccc(C)cc32)cc1. The second-order valence-electron chi connectivity index (χ2n) is 6.62. The van der Waals surface area contributed by atoms with Crippen molar-refractivity contribution in [1.29, 1.82) is 0 Å². The van der Waals surface area contributed by atoms with Crippen LogP contribution in [0.4, 0.5) is 0 Å². The van der Waals surface area contributed by atoms with Gasteiger partial charge in [0.25, 0.3) is 0 Å². The lowest BCUT2D eigenvalue weighted by Crippen LogP contribution is -2.21. The molecule has 2 aromatic carbocycles. The molecule has 0 N–H and O–H groups in total. The summed E-state index contributed by atoms with van der Waals surface area (Å²) in [6, 6.07) is 15.8. The maximum Gasteiger partial charge on any atom is -0.00626 e. The van der Waals surface area contributed by atoms with E-state index in [0.717, 1.165) is 6.42 Å². The molecule has 0 heterocycles. The van der Waals surface area contributed by atoms with Crippen molar-refractivity contribution in [1.82, 2.24) is 0 Å². The van der Waals surface area contributed by atoms with Crippen LogP contribution in [0.3, 0.4) is 0 Å². The Bertz CT molecular complexity index is 670. The van der Waals surface area contributed by atoms with Gasteiger partial charge in [-0.15, -0.1) is 0 Å². The summed E-state index contributed by atoms with van der Waals surface area (Å²) in [6.07, 6.45) is 3.51. The van der Waals surface area contributed by atoms with E-state index in [1.807, 2.05) is 0 Å². The lowest BCUT2D eigenvalue weighted by molar-refractivity contribution is 0.527. The minimum Gasteiger partial charge on any atom is -0.0752 e. The van der Waals surface area contributed by atoms with E-state index in [0.29, 0.717) is 0 Å². The van der Waals surface area contributed by atoms with Gasteiger partial charge in [0.15, 0.2) is 0 Å². The fraction of sp³-hybridized carbons (Fsp3) is 0.300. The van der Waals surface area contributed by atoms with Gasteiger partial charge in [0.05, 0.1) is 0 Å². The third kappa shape index (κ3) is 2.20. The second kappa shape index (κ2) is 4.63. The number of hydrogen-bond donors (Lipinski definition) is 0. The molecule has 1 aliphatic carbocycles. The third-order valence-corrected chi connectivity index (χ3v) is 4.37. The molecule has 20 heavy (non-hydrogen) atoms. The molecule has 2 aromatic rings. The average molecular weight is 262 g/mol. The molecule has 0 heteroatoms. The number of fused-ring (bicyclic) bond motifs is 1. The van der Waals surface area contributed by atoms with E-state index < -0.39 is 0 Å². The number of allylic oxidation sites excluding steroid dienone is 1. The fourth-order valence-electron chi connectivity index (χ4n) is 3.05. The van der Waals surface area contributed by atoms with Gasteiger partial charge in [-0.2, -0.15) is 0 Å². The molecular weight excluding hydrogens is 240 g/mol. The lowest BCUT2D eigenvalue weighted by Gasteiger charge is -2.32. The molecule has 3 rings (SSSR count). The van der Waals surface area contributed by atoms with Crippen molar-refractivity contribution in [3.8, 4) is 0 Å². The van der Waals surface area contributed by atoms with Crippen LogP contribution in [0.1, 0.15) is 48.1 Å². The first-order valence-corrected chi connectivity index (χ1v) is 7.36. The van der Waals surface area contributed by atoms with Crippen LogP contribution < -0.4 is 0 Å². The van der Waals surface area contributed by atoms with Gasteiger partial charge in [-0.3, -0.25) is 0 Å². The number of aryl methyl sites for hydroxylation is 2. The van der Waals surface area contributed by atoms with Gasteiger partial charge in [-0.05, 0) is 47.9 Å². The zero-order valence-electron chi connectivity index (χ0n) is 12.8. The van der Waals surface area contributed by atoms with Crippen molar-refractivity contribution in [2.75, 3.05) is 0 Å². The van der Waals surface area contributed by atoms with Crippen molar-refractivity contribution in [2.24, 2.45) is 0 Å². The maximum absolute atomic E-state index is 2.41. The molecule has 0 radical (unpaired) electrons.